The van der Waals surface area contributed by atoms with Crippen molar-refractivity contribution in [2.75, 3.05) is 7.11 Å². The van der Waals surface area contributed by atoms with Crippen LogP contribution in [0.2, 0.25) is 10.0 Å². The van der Waals surface area contributed by atoms with Crippen molar-refractivity contribution in [2.45, 2.75) is 0 Å². The molecule has 0 aliphatic carbocycles. The highest BCUT2D eigenvalue weighted by molar-refractivity contribution is 9.10. The summed E-state index contributed by atoms with van der Waals surface area (Å²) in [7, 11) is 1.50. The van der Waals surface area contributed by atoms with E-state index < -0.39 is 0 Å². The number of rotatable bonds is 3. The van der Waals surface area contributed by atoms with Gasteiger partial charge in [0.1, 0.15) is 5.75 Å². The molecule has 2 nitrogen and oxygen atoms in total. The molecule has 0 heterocycles. The second-order valence-electron chi connectivity index (χ2n) is 3.78. The number of ketones is 1. The van der Waals surface area contributed by atoms with E-state index in [1.807, 2.05) is 0 Å². The fraction of sp³-hybridized carbons (Fsp3) is 0.0714. The van der Waals surface area contributed by atoms with Crippen LogP contribution in [0.25, 0.3) is 0 Å². The molecule has 0 radical (unpaired) electrons. The lowest BCUT2D eigenvalue weighted by Gasteiger charge is -2.08. The minimum atomic E-state index is -0.179. The largest absolute Gasteiger partial charge is 0.495 e. The predicted octanol–water partition coefficient (Wildman–Crippen LogP) is 5.00. The summed E-state index contributed by atoms with van der Waals surface area (Å²) in [6.07, 6.45) is 0. The molecule has 0 N–H and O–H groups in total. The van der Waals surface area contributed by atoms with E-state index in [-0.39, 0.29) is 5.78 Å². The predicted molar refractivity (Wildman–Crippen MR) is 80.6 cm³/mol. The number of halogens is 3. The van der Waals surface area contributed by atoms with E-state index in [1.54, 1.807) is 36.4 Å². The highest BCUT2D eigenvalue weighted by atomic mass is 79.9. The summed E-state index contributed by atoms with van der Waals surface area (Å²) >= 11 is 15.3. The molecule has 0 saturated heterocycles. The zero-order chi connectivity index (χ0) is 14.0. The van der Waals surface area contributed by atoms with E-state index >= 15 is 0 Å². The van der Waals surface area contributed by atoms with Crippen molar-refractivity contribution in [1.29, 1.82) is 0 Å². The molecule has 98 valence electrons. The summed E-state index contributed by atoms with van der Waals surface area (Å²) in [5.41, 5.74) is 0.904. The fourth-order valence-corrected chi connectivity index (χ4v) is 2.41. The molecule has 0 saturated carbocycles. The Balaban J connectivity index is 2.47. The van der Waals surface area contributed by atoms with Gasteiger partial charge in [0.2, 0.25) is 0 Å². The molecular formula is C14H9BrCl2O2. The van der Waals surface area contributed by atoms with Gasteiger partial charge in [-0.1, -0.05) is 29.3 Å². The number of hydrogen-bond donors (Lipinski definition) is 0. The minimum absolute atomic E-state index is 0.179. The van der Waals surface area contributed by atoms with Crippen molar-refractivity contribution in [3.63, 3.8) is 0 Å². The van der Waals surface area contributed by atoms with Gasteiger partial charge in [0.15, 0.2) is 5.78 Å². The molecule has 2 aromatic carbocycles. The summed E-state index contributed by atoms with van der Waals surface area (Å²) < 4.78 is 5.78. The molecule has 2 aromatic rings. The molecule has 5 heteroatoms. The van der Waals surface area contributed by atoms with Crippen LogP contribution in [0, 0.1) is 0 Å². The van der Waals surface area contributed by atoms with Gasteiger partial charge in [-0.15, -0.1) is 0 Å². The average molecular weight is 360 g/mol. The molecule has 0 aliphatic heterocycles. The maximum atomic E-state index is 12.4. The van der Waals surface area contributed by atoms with Crippen LogP contribution in [-0.4, -0.2) is 12.9 Å². The van der Waals surface area contributed by atoms with E-state index in [0.29, 0.717) is 31.4 Å². The van der Waals surface area contributed by atoms with E-state index in [4.69, 9.17) is 27.9 Å². The Labute approximate surface area is 129 Å². The lowest BCUT2D eigenvalue weighted by Crippen LogP contribution is -2.03. The highest BCUT2D eigenvalue weighted by Crippen LogP contribution is 2.30. The molecule has 0 bridgehead atoms. The molecule has 0 unspecified atom stereocenters. The monoisotopic (exact) mass is 358 g/mol. The summed E-state index contributed by atoms with van der Waals surface area (Å²) in [5.74, 6) is 0.278. The summed E-state index contributed by atoms with van der Waals surface area (Å²) in [5, 5.41) is 0.848. The van der Waals surface area contributed by atoms with E-state index in [9.17, 15) is 4.79 Å². The Hall–Kier alpha value is -1.03. The molecule has 0 aromatic heterocycles. The second-order valence-corrected chi connectivity index (χ2v) is 5.42. The third kappa shape index (κ3) is 2.94. The van der Waals surface area contributed by atoms with Gasteiger partial charge in [0.05, 0.1) is 17.2 Å². The molecule has 0 aliphatic rings. The van der Waals surface area contributed by atoms with Gasteiger partial charge in [0, 0.05) is 15.6 Å². The van der Waals surface area contributed by atoms with E-state index in [0.717, 1.165) is 0 Å². The van der Waals surface area contributed by atoms with Crippen LogP contribution in [-0.2, 0) is 0 Å². The van der Waals surface area contributed by atoms with Gasteiger partial charge >= 0.3 is 0 Å². The van der Waals surface area contributed by atoms with E-state index in [1.165, 1.54) is 7.11 Å². The molecular weight excluding hydrogens is 351 g/mol. The topological polar surface area (TPSA) is 26.3 Å². The van der Waals surface area contributed by atoms with Crippen molar-refractivity contribution >= 4 is 44.9 Å². The molecule has 0 fully saturated rings. The van der Waals surface area contributed by atoms with E-state index in [2.05, 4.69) is 15.9 Å². The summed E-state index contributed by atoms with van der Waals surface area (Å²) in [6.45, 7) is 0. The maximum Gasteiger partial charge on any atom is 0.194 e. The molecule has 2 rings (SSSR count). The van der Waals surface area contributed by atoms with Crippen LogP contribution in [0.4, 0.5) is 0 Å². The van der Waals surface area contributed by atoms with Crippen molar-refractivity contribution in [1.82, 2.24) is 0 Å². The lowest BCUT2D eigenvalue weighted by atomic mass is 10.0. The Morgan fingerprint density at radius 3 is 2.63 bits per heavy atom. The molecule has 0 atom stereocenters. The second kappa shape index (κ2) is 5.95. The Morgan fingerprint density at radius 2 is 1.95 bits per heavy atom. The smallest absolute Gasteiger partial charge is 0.194 e. The van der Waals surface area contributed by atoms with Crippen LogP contribution in [0.15, 0.2) is 40.9 Å². The average Bonchev–Trinajstić information content (AvgIpc) is 2.41. The Bertz CT molecular complexity index is 641. The van der Waals surface area contributed by atoms with Crippen molar-refractivity contribution < 1.29 is 9.53 Å². The first kappa shape index (κ1) is 14.4. The van der Waals surface area contributed by atoms with Gasteiger partial charge < -0.3 is 4.74 Å². The number of hydrogen-bond acceptors (Lipinski definition) is 2. The maximum absolute atomic E-state index is 12.4. The molecule has 0 amide bonds. The van der Waals surface area contributed by atoms with Gasteiger partial charge in [-0.3, -0.25) is 4.79 Å². The SMILES string of the molecule is COc1cc(C(=O)c2cccc(Br)c2Cl)ccc1Cl. The zero-order valence-electron chi connectivity index (χ0n) is 9.91. The van der Waals surface area contributed by atoms with Gasteiger partial charge in [-0.25, -0.2) is 0 Å². The summed E-state index contributed by atoms with van der Waals surface area (Å²) in [6, 6.07) is 10.1. The Kier molecular flexibility index (Phi) is 4.50. The van der Waals surface area contributed by atoms with Gasteiger partial charge in [-0.05, 0) is 46.3 Å². The number of methoxy groups -OCH3 is 1. The lowest BCUT2D eigenvalue weighted by molar-refractivity contribution is 0.103. The standard InChI is InChI=1S/C14H9BrCl2O2/c1-19-12-7-8(5-6-11(12)16)14(18)9-3-2-4-10(15)13(9)17/h2-7H,1H3. The van der Waals surface area contributed by atoms with Crippen molar-refractivity contribution in [2.24, 2.45) is 0 Å². The fourth-order valence-electron chi connectivity index (χ4n) is 1.64. The number of carbonyl (C=O) groups is 1. The van der Waals surface area contributed by atoms with Crippen LogP contribution in [0.3, 0.4) is 0 Å². The highest BCUT2D eigenvalue weighted by Gasteiger charge is 2.16. The number of carbonyl (C=O) groups excluding carboxylic acids is 1. The first-order valence-electron chi connectivity index (χ1n) is 5.37. The molecule has 0 spiro atoms. The first-order valence-corrected chi connectivity index (χ1v) is 6.91. The summed E-state index contributed by atoms with van der Waals surface area (Å²) in [4.78, 5) is 12.4. The van der Waals surface area contributed by atoms with Crippen LogP contribution in [0.5, 0.6) is 5.75 Å². The Morgan fingerprint density at radius 1 is 1.21 bits per heavy atom. The number of ether oxygens (including phenoxy) is 1. The van der Waals surface area contributed by atoms with Gasteiger partial charge in [0.25, 0.3) is 0 Å². The van der Waals surface area contributed by atoms with Crippen LogP contribution < -0.4 is 4.74 Å². The molecule has 19 heavy (non-hydrogen) atoms. The third-order valence-electron chi connectivity index (χ3n) is 2.61. The van der Waals surface area contributed by atoms with Crippen molar-refractivity contribution in [3.05, 3.63) is 62.0 Å². The van der Waals surface area contributed by atoms with Crippen LogP contribution >= 0.6 is 39.1 Å². The minimum Gasteiger partial charge on any atom is -0.495 e. The number of benzene rings is 2. The normalized spacial score (nSPS) is 10.3. The van der Waals surface area contributed by atoms with Crippen molar-refractivity contribution in [3.8, 4) is 5.75 Å². The van der Waals surface area contributed by atoms with Crippen LogP contribution in [0.1, 0.15) is 15.9 Å². The first-order chi connectivity index (χ1) is 9.04. The third-order valence-corrected chi connectivity index (χ3v) is 4.22. The zero-order valence-corrected chi connectivity index (χ0v) is 13.0. The quantitative estimate of drug-likeness (QED) is 0.721. The van der Waals surface area contributed by atoms with Gasteiger partial charge in [-0.2, -0.15) is 0 Å².